The van der Waals surface area contributed by atoms with Crippen LogP contribution in [0.2, 0.25) is 0 Å². The minimum absolute atomic E-state index is 0. The van der Waals surface area contributed by atoms with Crippen LogP contribution in [0.1, 0.15) is 48.9 Å². The van der Waals surface area contributed by atoms with Crippen molar-refractivity contribution in [1.82, 2.24) is 9.80 Å². The van der Waals surface area contributed by atoms with Crippen molar-refractivity contribution in [2.24, 2.45) is 11.8 Å². The number of hydrogen-bond donors (Lipinski definition) is 0. The van der Waals surface area contributed by atoms with E-state index in [-0.39, 0.29) is 41.9 Å². The Labute approximate surface area is 233 Å². The molecule has 2 aromatic carbocycles. The number of piperidine rings is 1. The van der Waals surface area contributed by atoms with E-state index < -0.39 is 0 Å². The van der Waals surface area contributed by atoms with E-state index in [0.717, 1.165) is 73.5 Å². The lowest BCUT2D eigenvalue weighted by Crippen LogP contribution is -2.48. The van der Waals surface area contributed by atoms with Gasteiger partial charge in [0.2, 0.25) is 11.8 Å². The second kappa shape index (κ2) is 13.4. The van der Waals surface area contributed by atoms with E-state index >= 15 is 0 Å². The van der Waals surface area contributed by atoms with Gasteiger partial charge in [-0.15, -0.1) is 12.4 Å². The monoisotopic (exact) mass is 541 g/mol. The lowest BCUT2D eigenvalue weighted by Gasteiger charge is -2.38. The highest BCUT2D eigenvalue weighted by Gasteiger charge is 2.34. The third kappa shape index (κ3) is 7.23. The zero-order chi connectivity index (χ0) is 26.5. The molecule has 2 saturated heterocycles. The van der Waals surface area contributed by atoms with Crippen LogP contribution < -0.4 is 4.90 Å². The third-order valence-corrected chi connectivity index (χ3v) is 7.80. The second-order valence-electron chi connectivity index (χ2n) is 10.8. The maximum absolute atomic E-state index is 14.3. The van der Waals surface area contributed by atoms with Crippen LogP contribution in [0.25, 0.3) is 6.08 Å². The van der Waals surface area contributed by atoms with Crippen LogP contribution in [0.5, 0.6) is 0 Å². The molecule has 0 spiro atoms. The zero-order valence-electron chi connectivity index (χ0n) is 23.1. The molecule has 2 atom stereocenters. The first-order chi connectivity index (χ1) is 17.7. The Morgan fingerprint density at radius 1 is 1.08 bits per heavy atom. The van der Waals surface area contributed by atoms with E-state index in [4.69, 9.17) is 0 Å². The zero-order valence-corrected chi connectivity index (χ0v) is 23.9. The van der Waals surface area contributed by atoms with Crippen LogP contribution in [0.4, 0.5) is 10.1 Å². The Kier molecular flexibility index (Phi) is 10.5. The molecule has 0 radical (unpaired) electrons. The van der Waals surface area contributed by atoms with Gasteiger partial charge in [0.25, 0.3) is 0 Å². The molecular formula is C31H41ClFN3O2. The molecule has 0 aromatic heterocycles. The summed E-state index contributed by atoms with van der Waals surface area (Å²) in [7, 11) is 0. The van der Waals surface area contributed by atoms with Gasteiger partial charge < -0.3 is 9.80 Å². The van der Waals surface area contributed by atoms with Gasteiger partial charge in [-0.2, -0.15) is 0 Å². The summed E-state index contributed by atoms with van der Waals surface area (Å²) in [6, 6.07) is 11.3. The Bertz CT molecular complexity index is 1140. The summed E-state index contributed by atoms with van der Waals surface area (Å²) in [5, 5.41) is 0. The summed E-state index contributed by atoms with van der Waals surface area (Å²) >= 11 is 0. The number of halogens is 2. The fraction of sp³-hybridized carbons (Fsp3) is 0.484. The van der Waals surface area contributed by atoms with Crippen molar-refractivity contribution in [1.29, 1.82) is 0 Å². The van der Waals surface area contributed by atoms with Gasteiger partial charge in [0.15, 0.2) is 0 Å². The van der Waals surface area contributed by atoms with Gasteiger partial charge in [-0.05, 0) is 79.5 Å². The molecule has 0 saturated carbocycles. The van der Waals surface area contributed by atoms with E-state index in [1.807, 2.05) is 28.9 Å². The van der Waals surface area contributed by atoms with Crippen molar-refractivity contribution in [3.05, 3.63) is 70.5 Å². The number of hydrogen-bond acceptors (Lipinski definition) is 3. The molecule has 0 unspecified atom stereocenters. The number of carbonyl (C=O) groups excluding carboxylic acids is 2. The van der Waals surface area contributed by atoms with Gasteiger partial charge in [-0.3, -0.25) is 14.5 Å². The number of anilines is 1. The van der Waals surface area contributed by atoms with Gasteiger partial charge >= 0.3 is 0 Å². The van der Waals surface area contributed by atoms with Crippen LogP contribution in [0.15, 0.2) is 42.5 Å². The first-order valence-electron chi connectivity index (χ1n) is 13.5. The van der Waals surface area contributed by atoms with Crippen LogP contribution in [0, 0.1) is 31.5 Å². The maximum atomic E-state index is 14.3. The van der Waals surface area contributed by atoms with Crippen LogP contribution in [-0.4, -0.2) is 60.9 Å². The molecule has 38 heavy (non-hydrogen) atoms. The smallest absolute Gasteiger partial charge is 0.229 e. The van der Waals surface area contributed by atoms with E-state index in [1.54, 1.807) is 13.0 Å². The SMILES string of the molecule is CC(=O)N1CCN(CC/C=C/c2cc(C)c(N3C[C@@H](Cc4ccccc4F)C[C@@H](C)C3=O)c(C)c2)CC1.Cl. The van der Waals surface area contributed by atoms with Gasteiger partial charge in [-0.1, -0.05) is 37.3 Å². The molecule has 2 aliphatic rings. The molecule has 4 rings (SSSR count). The summed E-state index contributed by atoms with van der Waals surface area (Å²) < 4.78 is 14.3. The first kappa shape index (κ1) is 29.9. The quantitative estimate of drug-likeness (QED) is 0.454. The molecule has 7 heteroatoms. The van der Waals surface area contributed by atoms with E-state index in [0.29, 0.717) is 13.0 Å². The average molecular weight is 542 g/mol. The molecule has 5 nitrogen and oxygen atoms in total. The molecule has 2 fully saturated rings. The molecule has 0 aliphatic carbocycles. The second-order valence-corrected chi connectivity index (χ2v) is 10.8. The van der Waals surface area contributed by atoms with Gasteiger partial charge in [-0.25, -0.2) is 4.39 Å². The standard InChI is InChI=1S/C31H40FN3O2.ClH/c1-22-17-26(9-7-8-12-33-13-15-34(16-14-33)25(4)36)18-23(2)30(22)35-21-27(19-24(3)31(35)37)20-28-10-5-6-11-29(28)32;/h5-7,9-11,17-18,24,27H,8,12-16,19-21H2,1-4H3;1H/b9-7+;/t24-,27-;/m1./s1. The molecule has 2 heterocycles. The Hall–Kier alpha value is -2.70. The number of carbonyl (C=O) groups is 2. The number of rotatable bonds is 7. The normalized spacial score (nSPS) is 20.6. The van der Waals surface area contributed by atoms with Crippen LogP contribution >= 0.6 is 12.4 Å². The summed E-state index contributed by atoms with van der Waals surface area (Å²) in [6.45, 7) is 12.9. The predicted molar refractivity (Wildman–Crippen MR) is 155 cm³/mol. The summed E-state index contributed by atoms with van der Waals surface area (Å²) in [4.78, 5) is 31.0. The number of nitrogens with zero attached hydrogens (tertiary/aromatic N) is 3. The van der Waals surface area contributed by atoms with Gasteiger partial charge in [0, 0.05) is 57.8 Å². The highest BCUT2D eigenvalue weighted by atomic mass is 35.5. The van der Waals surface area contributed by atoms with Crippen molar-refractivity contribution >= 4 is 36.0 Å². The van der Waals surface area contributed by atoms with Crippen molar-refractivity contribution in [3.63, 3.8) is 0 Å². The highest BCUT2D eigenvalue weighted by molar-refractivity contribution is 5.97. The van der Waals surface area contributed by atoms with E-state index in [2.05, 4.69) is 43.0 Å². The van der Waals surface area contributed by atoms with E-state index in [1.165, 1.54) is 6.07 Å². The molecule has 2 aromatic rings. The van der Waals surface area contributed by atoms with E-state index in [9.17, 15) is 14.0 Å². The molecule has 2 aliphatic heterocycles. The lowest BCUT2D eigenvalue weighted by molar-refractivity contribution is -0.130. The van der Waals surface area contributed by atoms with Crippen LogP contribution in [-0.2, 0) is 16.0 Å². The van der Waals surface area contributed by atoms with Gasteiger partial charge in [0.1, 0.15) is 5.82 Å². The Morgan fingerprint density at radius 3 is 2.37 bits per heavy atom. The van der Waals surface area contributed by atoms with Crippen molar-refractivity contribution in [2.45, 2.75) is 47.0 Å². The van der Waals surface area contributed by atoms with Crippen LogP contribution in [0.3, 0.4) is 0 Å². The predicted octanol–water partition coefficient (Wildman–Crippen LogP) is 5.66. The number of aryl methyl sites for hydroxylation is 2. The van der Waals surface area contributed by atoms with Crippen molar-refractivity contribution < 1.29 is 14.0 Å². The molecule has 0 bridgehead atoms. The minimum atomic E-state index is -0.166. The first-order valence-corrected chi connectivity index (χ1v) is 13.5. The summed E-state index contributed by atoms with van der Waals surface area (Å²) in [5.74, 6) is 0.293. The highest BCUT2D eigenvalue weighted by Crippen LogP contribution is 2.34. The average Bonchev–Trinajstić information content (AvgIpc) is 2.86. The molecule has 0 N–H and O–H groups in total. The molecule has 2 amide bonds. The number of benzene rings is 2. The van der Waals surface area contributed by atoms with Crippen molar-refractivity contribution in [3.8, 4) is 0 Å². The number of amides is 2. The molecular weight excluding hydrogens is 501 g/mol. The molecule has 206 valence electrons. The topological polar surface area (TPSA) is 43.9 Å². The third-order valence-electron chi connectivity index (χ3n) is 7.80. The van der Waals surface area contributed by atoms with Gasteiger partial charge in [0.05, 0.1) is 0 Å². The largest absolute Gasteiger partial charge is 0.340 e. The number of piperazine rings is 1. The fourth-order valence-corrected chi connectivity index (χ4v) is 5.89. The van der Waals surface area contributed by atoms with Crippen molar-refractivity contribution in [2.75, 3.05) is 44.2 Å². The fourth-order valence-electron chi connectivity index (χ4n) is 5.89. The summed E-state index contributed by atoms with van der Waals surface area (Å²) in [6.07, 6.45) is 6.76. The minimum Gasteiger partial charge on any atom is -0.340 e. The Morgan fingerprint density at radius 2 is 1.74 bits per heavy atom. The Balaban J connectivity index is 0.00000400. The lowest BCUT2D eigenvalue weighted by atomic mass is 9.84. The maximum Gasteiger partial charge on any atom is 0.229 e. The summed E-state index contributed by atoms with van der Waals surface area (Å²) in [5.41, 5.74) is 5.04.